The van der Waals surface area contributed by atoms with Crippen LogP contribution in [0.25, 0.3) is 0 Å². The van der Waals surface area contributed by atoms with Crippen LogP contribution >= 0.6 is 11.6 Å². The monoisotopic (exact) mass is 349 g/mol. The molecule has 5 nitrogen and oxygen atoms in total. The van der Waals surface area contributed by atoms with Crippen molar-refractivity contribution in [2.75, 3.05) is 20.1 Å². The number of halogens is 1. The normalized spacial score (nSPS) is 25.2. The molecular weight excluding hydrogens is 334 g/mol. The lowest BCUT2D eigenvalue weighted by atomic mass is 9.60. The van der Waals surface area contributed by atoms with Crippen LogP contribution in [0.2, 0.25) is 5.02 Å². The van der Waals surface area contributed by atoms with E-state index in [1.165, 1.54) is 0 Å². The third-order valence-corrected chi connectivity index (χ3v) is 5.41. The molecule has 1 aliphatic carbocycles. The summed E-state index contributed by atoms with van der Waals surface area (Å²) in [6.07, 6.45) is 1.89. The van der Waals surface area contributed by atoms with E-state index in [-0.39, 0.29) is 23.1 Å². The van der Waals surface area contributed by atoms with Crippen LogP contribution in [0.4, 0.5) is 0 Å². The lowest BCUT2D eigenvalue weighted by molar-refractivity contribution is 0.264. The van der Waals surface area contributed by atoms with Crippen molar-refractivity contribution in [1.29, 1.82) is 15.8 Å². The first-order valence-corrected chi connectivity index (χ1v) is 8.24. The van der Waals surface area contributed by atoms with Crippen LogP contribution in [0.5, 0.6) is 0 Å². The molecule has 2 atom stereocenters. The molecule has 0 saturated carbocycles. The highest BCUT2D eigenvalue weighted by atomic mass is 35.5. The molecule has 2 N–H and O–H groups in total. The van der Waals surface area contributed by atoms with E-state index in [9.17, 15) is 15.8 Å². The van der Waals surface area contributed by atoms with E-state index >= 15 is 0 Å². The molecular formula is C19H16ClN5. The van der Waals surface area contributed by atoms with Crippen LogP contribution in [-0.4, -0.2) is 25.0 Å². The van der Waals surface area contributed by atoms with Gasteiger partial charge in [-0.1, -0.05) is 35.9 Å². The molecule has 0 bridgehead atoms. The molecule has 0 fully saturated rings. The Kier molecular flexibility index (Phi) is 4.27. The number of hydrogen-bond acceptors (Lipinski definition) is 5. The summed E-state index contributed by atoms with van der Waals surface area (Å²) in [5, 5.41) is 29.9. The molecule has 0 spiro atoms. The summed E-state index contributed by atoms with van der Waals surface area (Å²) in [5.41, 5.74) is 6.39. The van der Waals surface area contributed by atoms with Crippen LogP contribution in [0, 0.1) is 45.3 Å². The summed E-state index contributed by atoms with van der Waals surface area (Å²) in [5.74, 6) is -0.581. The fourth-order valence-corrected chi connectivity index (χ4v) is 4.11. The molecule has 0 unspecified atom stereocenters. The molecule has 2 aliphatic rings. The summed E-state index contributed by atoms with van der Waals surface area (Å²) < 4.78 is 0. The van der Waals surface area contributed by atoms with Gasteiger partial charge < -0.3 is 10.6 Å². The standard InChI is InChI=1S/C19H16ClN5/c1-25-7-6-15-14(9-25)17(12-4-2-3-5-16(12)20)13(8-21)18(24)19(15,10-22)11-23/h2-6,14,17H,7,9,24H2,1H3/t14-,17+/m0/s1. The zero-order chi connectivity index (χ0) is 18.2. The van der Waals surface area contributed by atoms with E-state index in [0.717, 1.165) is 5.56 Å². The molecule has 3 rings (SSSR count). The zero-order valence-corrected chi connectivity index (χ0v) is 14.5. The van der Waals surface area contributed by atoms with Gasteiger partial charge in [0.15, 0.2) is 0 Å². The van der Waals surface area contributed by atoms with Gasteiger partial charge in [-0.05, 0) is 24.3 Å². The minimum Gasteiger partial charge on any atom is -0.399 e. The minimum absolute atomic E-state index is 0.0250. The Balaban J connectivity index is 2.35. The van der Waals surface area contributed by atoms with Crippen LogP contribution in [0.1, 0.15) is 11.5 Å². The third-order valence-electron chi connectivity index (χ3n) is 5.07. The molecule has 1 aromatic carbocycles. The number of hydrogen-bond donors (Lipinski definition) is 1. The van der Waals surface area contributed by atoms with Gasteiger partial charge in [0.1, 0.15) is 0 Å². The molecule has 0 radical (unpaired) electrons. The van der Waals surface area contributed by atoms with Crippen LogP contribution in [-0.2, 0) is 0 Å². The van der Waals surface area contributed by atoms with Crippen LogP contribution < -0.4 is 5.73 Å². The number of benzene rings is 1. The molecule has 1 aromatic rings. The second kappa shape index (κ2) is 6.26. The number of fused-ring (bicyclic) bond motifs is 1. The molecule has 25 heavy (non-hydrogen) atoms. The number of nitrogens with zero attached hydrogens (tertiary/aromatic N) is 4. The number of nitriles is 3. The number of nitrogens with two attached hydrogens (primary N) is 1. The highest BCUT2D eigenvalue weighted by Crippen LogP contribution is 2.53. The quantitative estimate of drug-likeness (QED) is 0.785. The topological polar surface area (TPSA) is 101 Å². The fourth-order valence-electron chi connectivity index (χ4n) is 3.86. The predicted octanol–water partition coefficient (Wildman–Crippen LogP) is 2.70. The SMILES string of the molecule is CN1CC=C2[C@H](C1)[C@H](c1ccccc1Cl)C(C#N)=C(N)C2(C#N)C#N. The summed E-state index contributed by atoms with van der Waals surface area (Å²) in [6.45, 7) is 1.24. The van der Waals surface area contributed by atoms with Gasteiger partial charge in [0, 0.05) is 29.9 Å². The van der Waals surface area contributed by atoms with Gasteiger partial charge in [0.25, 0.3) is 0 Å². The van der Waals surface area contributed by atoms with Crippen molar-refractivity contribution in [3.05, 3.63) is 57.8 Å². The molecule has 0 amide bonds. The minimum atomic E-state index is -1.59. The van der Waals surface area contributed by atoms with Crippen molar-refractivity contribution in [2.24, 2.45) is 17.1 Å². The van der Waals surface area contributed by atoms with E-state index in [2.05, 4.69) is 23.1 Å². The number of likely N-dealkylation sites (N-methyl/N-ethyl adjacent to an activating group) is 1. The first-order chi connectivity index (χ1) is 12.0. The largest absolute Gasteiger partial charge is 0.399 e. The molecule has 0 saturated heterocycles. The Hall–Kier alpha value is -2.78. The first-order valence-electron chi connectivity index (χ1n) is 7.86. The second-order valence-corrected chi connectivity index (χ2v) is 6.81. The Morgan fingerprint density at radius 1 is 1.24 bits per heavy atom. The number of rotatable bonds is 1. The summed E-state index contributed by atoms with van der Waals surface area (Å²) in [7, 11) is 1.96. The Labute approximate surface area is 151 Å². The lowest BCUT2D eigenvalue weighted by Gasteiger charge is -2.44. The summed E-state index contributed by atoms with van der Waals surface area (Å²) in [6, 6.07) is 13.6. The lowest BCUT2D eigenvalue weighted by Crippen LogP contribution is -2.46. The first kappa shape index (κ1) is 17.1. The van der Waals surface area contributed by atoms with Crippen molar-refractivity contribution in [3.8, 4) is 18.2 Å². The van der Waals surface area contributed by atoms with Crippen LogP contribution in [0.3, 0.4) is 0 Å². The molecule has 124 valence electrons. The molecule has 1 heterocycles. The maximum absolute atomic E-state index is 9.78. The fraction of sp³-hybridized carbons (Fsp3) is 0.316. The van der Waals surface area contributed by atoms with Crippen molar-refractivity contribution in [2.45, 2.75) is 5.92 Å². The van der Waals surface area contributed by atoms with Crippen molar-refractivity contribution in [1.82, 2.24) is 4.90 Å². The average molecular weight is 350 g/mol. The van der Waals surface area contributed by atoms with Crippen molar-refractivity contribution in [3.63, 3.8) is 0 Å². The second-order valence-electron chi connectivity index (χ2n) is 6.40. The van der Waals surface area contributed by atoms with Gasteiger partial charge in [0.2, 0.25) is 5.41 Å². The van der Waals surface area contributed by atoms with Gasteiger partial charge in [-0.2, -0.15) is 15.8 Å². The third kappa shape index (κ3) is 2.39. The highest BCUT2D eigenvalue weighted by Gasteiger charge is 2.52. The smallest absolute Gasteiger partial charge is 0.204 e. The van der Waals surface area contributed by atoms with E-state index in [1.807, 2.05) is 31.3 Å². The summed E-state index contributed by atoms with van der Waals surface area (Å²) >= 11 is 6.40. The van der Waals surface area contributed by atoms with Gasteiger partial charge in [0.05, 0.1) is 29.5 Å². The highest BCUT2D eigenvalue weighted by molar-refractivity contribution is 6.31. The van der Waals surface area contributed by atoms with Gasteiger partial charge in [-0.15, -0.1) is 0 Å². The van der Waals surface area contributed by atoms with Gasteiger partial charge in [-0.3, -0.25) is 0 Å². The zero-order valence-electron chi connectivity index (χ0n) is 13.7. The van der Waals surface area contributed by atoms with E-state index in [0.29, 0.717) is 23.7 Å². The van der Waals surface area contributed by atoms with Crippen LogP contribution in [0.15, 0.2) is 47.2 Å². The number of allylic oxidation sites excluding steroid dienone is 2. The van der Waals surface area contributed by atoms with Gasteiger partial charge >= 0.3 is 0 Å². The van der Waals surface area contributed by atoms with Gasteiger partial charge in [-0.25, -0.2) is 0 Å². The predicted molar refractivity (Wildman–Crippen MR) is 93.7 cm³/mol. The Bertz CT molecular complexity index is 895. The summed E-state index contributed by atoms with van der Waals surface area (Å²) in [4.78, 5) is 2.09. The molecule has 0 aromatic heterocycles. The van der Waals surface area contributed by atoms with Crippen molar-refractivity contribution < 1.29 is 0 Å². The average Bonchev–Trinajstić information content (AvgIpc) is 2.62. The Morgan fingerprint density at radius 2 is 1.92 bits per heavy atom. The molecule has 1 aliphatic heterocycles. The molecule has 6 heteroatoms. The van der Waals surface area contributed by atoms with E-state index in [4.69, 9.17) is 17.3 Å². The van der Waals surface area contributed by atoms with Crippen molar-refractivity contribution >= 4 is 11.6 Å². The van der Waals surface area contributed by atoms with E-state index < -0.39 is 5.41 Å². The maximum Gasteiger partial charge on any atom is 0.204 e. The Morgan fingerprint density at radius 3 is 2.52 bits per heavy atom. The maximum atomic E-state index is 9.78. The van der Waals surface area contributed by atoms with E-state index in [1.54, 1.807) is 6.07 Å².